The fourth-order valence-electron chi connectivity index (χ4n) is 3.55. The van der Waals surface area contributed by atoms with E-state index >= 15 is 0 Å². The monoisotopic (exact) mass is 318 g/mol. The number of carbonyl (C=O) groups excluding carboxylic acids is 1. The maximum Gasteiger partial charge on any atom is 0.227 e. The molecule has 2 fully saturated rings. The summed E-state index contributed by atoms with van der Waals surface area (Å²) in [4.78, 5) is 16.0. The van der Waals surface area contributed by atoms with Gasteiger partial charge in [0.05, 0.1) is 6.61 Å². The highest BCUT2D eigenvalue weighted by Gasteiger charge is 2.24. The average Bonchev–Trinajstić information content (AvgIpc) is 3.17. The molecule has 0 bridgehead atoms. The first-order chi connectivity index (χ1) is 11.2. The number of hydrogen-bond acceptors (Lipinski definition) is 4. The first kappa shape index (κ1) is 16.3. The van der Waals surface area contributed by atoms with Gasteiger partial charge in [-0.1, -0.05) is 0 Å². The molecule has 2 aliphatic rings. The minimum atomic E-state index is 0.210. The van der Waals surface area contributed by atoms with E-state index in [1.807, 2.05) is 30.0 Å². The number of hydrogen-bond donors (Lipinski definition) is 1. The number of carbonyl (C=O) groups is 1. The van der Waals surface area contributed by atoms with Crippen LogP contribution in [0.2, 0.25) is 0 Å². The molecule has 5 nitrogen and oxygen atoms in total. The van der Waals surface area contributed by atoms with E-state index in [2.05, 4.69) is 4.90 Å². The summed E-state index contributed by atoms with van der Waals surface area (Å²) in [5, 5.41) is 9.34. The molecule has 23 heavy (non-hydrogen) atoms. The summed E-state index contributed by atoms with van der Waals surface area (Å²) < 4.78 is 5.91. The molecule has 0 radical (unpaired) electrons. The molecule has 3 rings (SSSR count). The Morgan fingerprint density at radius 3 is 2.87 bits per heavy atom. The number of anilines is 1. The van der Waals surface area contributed by atoms with Crippen LogP contribution in [0.5, 0.6) is 5.75 Å². The van der Waals surface area contributed by atoms with Crippen molar-refractivity contribution in [2.45, 2.75) is 38.6 Å². The van der Waals surface area contributed by atoms with E-state index in [9.17, 15) is 9.90 Å². The normalized spacial score (nSPS) is 22.1. The third-order valence-corrected chi connectivity index (χ3v) is 4.89. The van der Waals surface area contributed by atoms with Crippen molar-refractivity contribution in [3.63, 3.8) is 0 Å². The number of aryl methyl sites for hydroxylation is 1. The van der Waals surface area contributed by atoms with Crippen molar-refractivity contribution < 1.29 is 14.6 Å². The number of aliphatic hydroxyl groups excluding tert-OH is 1. The smallest absolute Gasteiger partial charge is 0.227 e. The van der Waals surface area contributed by atoms with Crippen LogP contribution in [-0.4, -0.2) is 54.8 Å². The lowest BCUT2D eigenvalue weighted by Gasteiger charge is -2.23. The van der Waals surface area contributed by atoms with Crippen molar-refractivity contribution in [3.05, 3.63) is 23.8 Å². The number of likely N-dealkylation sites (tertiary alicyclic amines) is 1. The van der Waals surface area contributed by atoms with Crippen LogP contribution in [-0.2, 0) is 4.79 Å². The summed E-state index contributed by atoms with van der Waals surface area (Å²) in [5.74, 6) is 1.09. The van der Waals surface area contributed by atoms with Crippen LogP contribution < -0.4 is 9.64 Å². The fraction of sp³-hybridized carbons (Fsp3) is 0.611. The Balaban J connectivity index is 1.55. The first-order valence-corrected chi connectivity index (χ1v) is 8.58. The Labute approximate surface area is 137 Å². The molecule has 1 N–H and O–H groups in total. The van der Waals surface area contributed by atoms with Crippen molar-refractivity contribution in [2.75, 3.05) is 37.7 Å². The molecule has 1 aromatic carbocycles. The van der Waals surface area contributed by atoms with Crippen LogP contribution >= 0.6 is 0 Å². The van der Waals surface area contributed by atoms with Crippen LogP contribution in [0.1, 0.15) is 31.2 Å². The van der Waals surface area contributed by atoms with Gasteiger partial charge in [-0.3, -0.25) is 9.69 Å². The molecule has 0 saturated carbocycles. The topological polar surface area (TPSA) is 53.0 Å². The second kappa shape index (κ2) is 7.32. The third kappa shape index (κ3) is 3.67. The fourth-order valence-corrected chi connectivity index (χ4v) is 3.55. The van der Waals surface area contributed by atoms with E-state index < -0.39 is 0 Å². The lowest BCUT2D eigenvalue weighted by atomic mass is 10.2. The minimum Gasteiger partial charge on any atom is -0.492 e. The Morgan fingerprint density at radius 1 is 1.30 bits per heavy atom. The summed E-state index contributed by atoms with van der Waals surface area (Å²) in [5.41, 5.74) is 2.03. The van der Waals surface area contributed by atoms with Crippen LogP contribution in [0.4, 0.5) is 5.69 Å². The second-order valence-corrected chi connectivity index (χ2v) is 6.46. The van der Waals surface area contributed by atoms with E-state index in [0.29, 0.717) is 19.1 Å². The molecule has 126 valence electrons. The van der Waals surface area contributed by atoms with Crippen LogP contribution in [0, 0.1) is 6.92 Å². The van der Waals surface area contributed by atoms with Gasteiger partial charge in [-0.25, -0.2) is 0 Å². The number of ether oxygens (including phenoxy) is 1. The zero-order valence-corrected chi connectivity index (χ0v) is 13.8. The van der Waals surface area contributed by atoms with Crippen molar-refractivity contribution in [3.8, 4) is 5.75 Å². The van der Waals surface area contributed by atoms with Gasteiger partial charge in [0, 0.05) is 31.2 Å². The highest BCUT2D eigenvalue weighted by atomic mass is 16.5. The molecule has 0 unspecified atom stereocenters. The van der Waals surface area contributed by atoms with Gasteiger partial charge >= 0.3 is 0 Å². The summed E-state index contributed by atoms with van der Waals surface area (Å²) in [6.45, 7) is 5.58. The molecule has 1 amide bonds. The third-order valence-electron chi connectivity index (χ3n) is 4.89. The van der Waals surface area contributed by atoms with E-state index in [-0.39, 0.29) is 12.5 Å². The van der Waals surface area contributed by atoms with Gasteiger partial charge in [0.15, 0.2) is 0 Å². The lowest BCUT2D eigenvalue weighted by Crippen LogP contribution is -2.35. The summed E-state index contributed by atoms with van der Waals surface area (Å²) in [6, 6.07) is 6.26. The molecule has 1 aromatic rings. The van der Waals surface area contributed by atoms with Crippen molar-refractivity contribution in [1.29, 1.82) is 0 Å². The lowest BCUT2D eigenvalue weighted by molar-refractivity contribution is -0.117. The summed E-state index contributed by atoms with van der Waals surface area (Å²) in [6.07, 6.45) is 3.83. The maximum absolute atomic E-state index is 11.8. The predicted molar refractivity (Wildman–Crippen MR) is 89.9 cm³/mol. The minimum absolute atomic E-state index is 0.210. The summed E-state index contributed by atoms with van der Waals surface area (Å²) in [7, 11) is 0. The predicted octanol–water partition coefficient (Wildman–Crippen LogP) is 1.96. The zero-order chi connectivity index (χ0) is 16.2. The van der Waals surface area contributed by atoms with Crippen LogP contribution in [0.3, 0.4) is 0 Å². The molecule has 0 spiro atoms. The average molecular weight is 318 g/mol. The molecular formula is C18H26N2O3. The number of amides is 1. The van der Waals surface area contributed by atoms with Gasteiger partial charge < -0.3 is 14.7 Å². The SMILES string of the molecule is Cc1cc(N2CCCC2=O)ccc1OCCN1CCC[C@@H]1CO. The molecule has 2 aliphatic heterocycles. The number of nitrogens with zero attached hydrogens (tertiary/aromatic N) is 2. The summed E-state index contributed by atoms with van der Waals surface area (Å²) >= 11 is 0. The van der Waals surface area contributed by atoms with E-state index in [4.69, 9.17) is 4.74 Å². The Kier molecular flexibility index (Phi) is 5.18. The van der Waals surface area contributed by atoms with Crippen LogP contribution in [0.15, 0.2) is 18.2 Å². The molecule has 2 heterocycles. The van der Waals surface area contributed by atoms with Gasteiger partial charge in [-0.2, -0.15) is 0 Å². The van der Waals surface area contributed by atoms with E-state index in [1.165, 1.54) is 0 Å². The van der Waals surface area contributed by atoms with Crippen molar-refractivity contribution >= 4 is 11.6 Å². The largest absolute Gasteiger partial charge is 0.492 e. The molecule has 0 aromatic heterocycles. The maximum atomic E-state index is 11.8. The second-order valence-electron chi connectivity index (χ2n) is 6.46. The number of rotatable bonds is 6. The molecule has 5 heteroatoms. The molecule has 0 aliphatic carbocycles. The van der Waals surface area contributed by atoms with Crippen LogP contribution in [0.25, 0.3) is 0 Å². The molecule has 1 atom stereocenters. The van der Waals surface area contributed by atoms with Gasteiger partial charge in [-0.15, -0.1) is 0 Å². The number of benzene rings is 1. The van der Waals surface area contributed by atoms with Crippen molar-refractivity contribution in [2.24, 2.45) is 0 Å². The molecule has 2 saturated heterocycles. The Morgan fingerprint density at radius 2 is 2.17 bits per heavy atom. The van der Waals surface area contributed by atoms with Gasteiger partial charge in [0.2, 0.25) is 5.91 Å². The standard InChI is InChI=1S/C18H26N2O3/c1-14-12-15(20-9-3-5-18(20)22)6-7-17(14)23-11-10-19-8-2-4-16(19)13-21/h6-7,12,16,21H,2-5,8-11,13H2,1H3/t16-/m1/s1. The zero-order valence-electron chi connectivity index (χ0n) is 13.8. The molecular weight excluding hydrogens is 292 g/mol. The number of aliphatic hydroxyl groups is 1. The van der Waals surface area contributed by atoms with Gasteiger partial charge in [0.1, 0.15) is 12.4 Å². The van der Waals surface area contributed by atoms with E-state index in [0.717, 1.165) is 55.9 Å². The highest BCUT2D eigenvalue weighted by molar-refractivity contribution is 5.95. The first-order valence-electron chi connectivity index (χ1n) is 8.58. The van der Waals surface area contributed by atoms with Gasteiger partial charge in [0.25, 0.3) is 0 Å². The Hall–Kier alpha value is -1.59. The quantitative estimate of drug-likeness (QED) is 0.871. The Bertz CT molecular complexity index is 561. The van der Waals surface area contributed by atoms with Crippen molar-refractivity contribution in [1.82, 2.24) is 4.90 Å². The van der Waals surface area contributed by atoms with Gasteiger partial charge in [-0.05, 0) is 56.5 Å². The highest BCUT2D eigenvalue weighted by Crippen LogP contribution is 2.27. The van der Waals surface area contributed by atoms with E-state index in [1.54, 1.807) is 0 Å².